The highest BCUT2D eigenvalue weighted by atomic mass is 16.5. The third kappa shape index (κ3) is 5.40. The van der Waals surface area contributed by atoms with Gasteiger partial charge in [0.1, 0.15) is 6.04 Å². The number of rotatable bonds is 5. The highest BCUT2D eigenvalue weighted by Gasteiger charge is 2.14. The molecule has 5 nitrogen and oxygen atoms in total. The highest BCUT2D eigenvalue weighted by molar-refractivity contribution is 5.83. The molecule has 5 heteroatoms. The van der Waals surface area contributed by atoms with E-state index in [2.05, 4.69) is 15.4 Å². The fourth-order valence-electron chi connectivity index (χ4n) is 0.862. The van der Waals surface area contributed by atoms with Gasteiger partial charge in [0, 0.05) is 6.54 Å². The van der Waals surface area contributed by atoms with Crippen LogP contribution in [0.3, 0.4) is 0 Å². The second kappa shape index (κ2) is 7.17. The van der Waals surface area contributed by atoms with Gasteiger partial charge >= 0.3 is 12.0 Å². The normalized spacial score (nSPS) is 11.6. The number of hydrogen-bond acceptors (Lipinski definition) is 3. The highest BCUT2D eigenvalue weighted by Crippen LogP contribution is 1.86. The number of carbonyl (C=O) groups is 2. The van der Waals surface area contributed by atoms with E-state index < -0.39 is 12.0 Å². The Morgan fingerprint density at radius 3 is 2.57 bits per heavy atom. The zero-order valence-corrected chi connectivity index (χ0v) is 8.92. The Morgan fingerprint density at radius 1 is 1.43 bits per heavy atom. The van der Waals surface area contributed by atoms with Gasteiger partial charge in [-0.05, 0) is 13.3 Å². The molecule has 0 aromatic rings. The largest absolute Gasteiger partial charge is 0.467 e. The maximum Gasteiger partial charge on any atom is 0.328 e. The van der Waals surface area contributed by atoms with Gasteiger partial charge in [0.25, 0.3) is 0 Å². The molecular formula is C9H18N2O3. The summed E-state index contributed by atoms with van der Waals surface area (Å²) in [5.41, 5.74) is 0. The number of ether oxygens (including phenoxy) is 1. The van der Waals surface area contributed by atoms with Gasteiger partial charge in [0.2, 0.25) is 0 Å². The van der Waals surface area contributed by atoms with Crippen molar-refractivity contribution in [3.8, 4) is 0 Å². The van der Waals surface area contributed by atoms with E-state index in [9.17, 15) is 9.59 Å². The predicted octanol–water partition coefficient (Wildman–Crippen LogP) is 0.647. The molecule has 0 saturated carbocycles. The first-order chi connectivity index (χ1) is 6.61. The van der Waals surface area contributed by atoms with Gasteiger partial charge in [-0.25, -0.2) is 9.59 Å². The molecular weight excluding hydrogens is 184 g/mol. The molecule has 0 bridgehead atoms. The summed E-state index contributed by atoms with van der Waals surface area (Å²) in [6.07, 6.45) is 1.95. The van der Waals surface area contributed by atoms with E-state index in [4.69, 9.17) is 0 Å². The van der Waals surface area contributed by atoms with Crippen LogP contribution in [0.15, 0.2) is 0 Å². The van der Waals surface area contributed by atoms with Crippen LogP contribution in [0.4, 0.5) is 4.79 Å². The van der Waals surface area contributed by atoms with Gasteiger partial charge in [0.05, 0.1) is 7.11 Å². The predicted molar refractivity (Wildman–Crippen MR) is 52.9 cm³/mol. The standard InChI is InChI=1S/C9H18N2O3/c1-4-5-6-10-9(13)11-7(2)8(12)14-3/h7H,4-6H2,1-3H3,(H2,10,11,13). The molecule has 2 N–H and O–H groups in total. The van der Waals surface area contributed by atoms with E-state index >= 15 is 0 Å². The minimum absolute atomic E-state index is 0.337. The van der Waals surface area contributed by atoms with Crippen LogP contribution in [0.25, 0.3) is 0 Å². The minimum atomic E-state index is -0.610. The lowest BCUT2D eigenvalue weighted by Gasteiger charge is -2.12. The fourth-order valence-corrected chi connectivity index (χ4v) is 0.862. The van der Waals surface area contributed by atoms with Crippen LogP contribution in [0.5, 0.6) is 0 Å². The Kier molecular flexibility index (Phi) is 6.53. The topological polar surface area (TPSA) is 67.4 Å². The zero-order chi connectivity index (χ0) is 11.0. The average Bonchev–Trinajstić information content (AvgIpc) is 2.16. The van der Waals surface area contributed by atoms with Crippen molar-refractivity contribution in [3.05, 3.63) is 0 Å². The van der Waals surface area contributed by atoms with Gasteiger partial charge in [-0.15, -0.1) is 0 Å². The summed E-state index contributed by atoms with van der Waals surface area (Å²) in [5.74, 6) is -0.448. The summed E-state index contributed by atoms with van der Waals surface area (Å²) in [7, 11) is 1.29. The molecule has 14 heavy (non-hydrogen) atoms. The van der Waals surface area contributed by atoms with Gasteiger partial charge in [-0.1, -0.05) is 13.3 Å². The molecule has 2 amide bonds. The molecule has 0 aromatic carbocycles. The van der Waals surface area contributed by atoms with Crippen LogP contribution in [-0.4, -0.2) is 31.7 Å². The van der Waals surface area contributed by atoms with Crippen molar-refractivity contribution in [1.29, 1.82) is 0 Å². The van der Waals surface area contributed by atoms with E-state index in [1.165, 1.54) is 7.11 Å². The lowest BCUT2D eigenvalue weighted by molar-refractivity contribution is -0.142. The van der Waals surface area contributed by atoms with Crippen LogP contribution in [0.2, 0.25) is 0 Å². The summed E-state index contributed by atoms with van der Waals surface area (Å²) in [5, 5.41) is 5.10. The van der Waals surface area contributed by atoms with E-state index in [1.54, 1.807) is 6.92 Å². The van der Waals surface area contributed by atoms with E-state index in [-0.39, 0.29) is 6.03 Å². The molecule has 0 aliphatic heterocycles. The SMILES string of the molecule is CCCCNC(=O)NC(C)C(=O)OC. The van der Waals surface area contributed by atoms with Crippen LogP contribution in [-0.2, 0) is 9.53 Å². The van der Waals surface area contributed by atoms with Crippen molar-refractivity contribution in [2.24, 2.45) is 0 Å². The number of nitrogens with one attached hydrogen (secondary N) is 2. The Bertz CT molecular complexity index is 194. The molecule has 0 rings (SSSR count). The molecule has 0 spiro atoms. The molecule has 0 aliphatic carbocycles. The molecule has 0 radical (unpaired) electrons. The molecule has 0 saturated heterocycles. The molecule has 1 atom stereocenters. The van der Waals surface area contributed by atoms with Crippen LogP contribution >= 0.6 is 0 Å². The number of carbonyl (C=O) groups excluding carboxylic acids is 2. The lowest BCUT2D eigenvalue weighted by atomic mass is 10.3. The number of methoxy groups -OCH3 is 1. The minimum Gasteiger partial charge on any atom is -0.467 e. The Balaban J connectivity index is 3.65. The van der Waals surface area contributed by atoms with E-state index in [1.807, 2.05) is 6.92 Å². The molecule has 0 aromatic heterocycles. The zero-order valence-electron chi connectivity index (χ0n) is 8.92. The number of hydrogen-bond donors (Lipinski definition) is 2. The first-order valence-corrected chi connectivity index (χ1v) is 4.74. The number of amides is 2. The Morgan fingerprint density at radius 2 is 2.07 bits per heavy atom. The molecule has 82 valence electrons. The number of esters is 1. The summed E-state index contributed by atoms with van der Waals surface area (Å²) < 4.78 is 4.46. The van der Waals surface area contributed by atoms with Crippen LogP contribution in [0, 0.1) is 0 Å². The maximum absolute atomic E-state index is 11.1. The van der Waals surface area contributed by atoms with E-state index in [0.29, 0.717) is 6.54 Å². The lowest BCUT2D eigenvalue weighted by Crippen LogP contribution is -2.45. The molecule has 0 heterocycles. The first-order valence-electron chi connectivity index (χ1n) is 4.74. The summed E-state index contributed by atoms with van der Waals surface area (Å²) >= 11 is 0. The van der Waals surface area contributed by atoms with Crippen LogP contribution in [0.1, 0.15) is 26.7 Å². The maximum atomic E-state index is 11.1. The van der Waals surface area contributed by atoms with Crippen molar-refractivity contribution >= 4 is 12.0 Å². The third-order valence-electron chi connectivity index (χ3n) is 1.72. The Hall–Kier alpha value is -1.26. The first kappa shape index (κ1) is 12.7. The summed E-state index contributed by atoms with van der Waals surface area (Å²) in [4.78, 5) is 22.0. The van der Waals surface area contributed by atoms with Crippen molar-refractivity contribution in [2.45, 2.75) is 32.7 Å². The average molecular weight is 202 g/mol. The molecule has 1 unspecified atom stereocenters. The molecule has 0 aliphatic rings. The van der Waals surface area contributed by atoms with Crippen molar-refractivity contribution in [3.63, 3.8) is 0 Å². The summed E-state index contributed by atoms with van der Waals surface area (Å²) in [6, 6.07) is -0.946. The van der Waals surface area contributed by atoms with E-state index in [0.717, 1.165) is 12.8 Å². The van der Waals surface area contributed by atoms with Crippen LogP contribution < -0.4 is 10.6 Å². The Labute approximate surface area is 84.2 Å². The quantitative estimate of drug-likeness (QED) is 0.508. The molecule has 0 fully saturated rings. The van der Waals surface area contributed by atoms with Crippen molar-refractivity contribution in [1.82, 2.24) is 10.6 Å². The smallest absolute Gasteiger partial charge is 0.328 e. The van der Waals surface area contributed by atoms with Gasteiger partial charge in [-0.3, -0.25) is 0 Å². The number of urea groups is 1. The third-order valence-corrected chi connectivity index (χ3v) is 1.72. The number of unbranched alkanes of at least 4 members (excludes halogenated alkanes) is 1. The van der Waals surface area contributed by atoms with Gasteiger partial charge in [-0.2, -0.15) is 0 Å². The fraction of sp³-hybridized carbons (Fsp3) is 0.778. The van der Waals surface area contributed by atoms with Crippen molar-refractivity contribution < 1.29 is 14.3 Å². The monoisotopic (exact) mass is 202 g/mol. The van der Waals surface area contributed by atoms with Gasteiger partial charge in [0.15, 0.2) is 0 Å². The second-order valence-corrected chi connectivity index (χ2v) is 3.00. The second-order valence-electron chi connectivity index (χ2n) is 3.00. The van der Waals surface area contributed by atoms with Crippen molar-refractivity contribution in [2.75, 3.05) is 13.7 Å². The van der Waals surface area contributed by atoms with Gasteiger partial charge < -0.3 is 15.4 Å². The summed E-state index contributed by atoms with van der Waals surface area (Å²) in [6.45, 7) is 4.23.